The van der Waals surface area contributed by atoms with Crippen molar-refractivity contribution in [1.29, 1.82) is 0 Å². The van der Waals surface area contributed by atoms with E-state index in [9.17, 15) is 26.4 Å². The summed E-state index contributed by atoms with van der Waals surface area (Å²) in [5, 5.41) is 1.95. The molecule has 0 spiro atoms. The van der Waals surface area contributed by atoms with Crippen LogP contribution in [0, 0.1) is 0 Å². The number of carbonyl (C=O) groups is 1. The van der Waals surface area contributed by atoms with Gasteiger partial charge in [0.15, 0.2) is 0 Å². The van der Waals surface area contributed by atoms with Gasteiger partial charge in [0.25, 0.3) is 0 Å². The van der Waals surface area contributed by atoms with Gasteiger partial charge in [-0.2, -0.15) is 13.2 Å². The van der Waals surface area contributed by atoms with E-state index in [0.29, 0.717) is 16.1 Å². The number of carbonyl (C=O) groups excluding carboxylic acids is 1. The van der Waals surface area contributed by atoms with E-state index in [4.69, 9.17) is 16.3 Å². The van der Waals surface area contributed by atoms with Gasteiger partial charge in [0.05, 0.1) is 29.1 Å². The van der Waals surface area contributed by atoms with Gasteiger partial charge in [-0.1, -0.05) is 50.6 Å². The van der Waals surface area contributed by atoms with Gasteiger partial charge in [-0.15, -0.1) is 0 Å². The second kappa shape index (κ2) is 10.2. The van der Waals surface area contributed by atoms with Crippen molar-refractivity contribution in [2.24, 2.45) is 0 Å². The topological polar surface area (TPSA) is 75.7 Å². The summed E-state index contributed by atoms with van der Waals surface area (Å²) in [4.78, 5) is 12.3. The maximum absolute atomic E-state index is 13.2. The van der Waals surface area contributed by atoms with Gasteiger partial charge in [0.2, 0.25) is 15.9 Å². The molecule has 0 atom stereocenters. The van der Waals surface area contributed by atoms with Crippen LogP contribution in [-0.2, 0) is 26.4 Å². The molecule has 33 heavy (non-hydrogen) atoms. The molecule has 0 saturated carbocycles. The lowest BCUT2D eigenvalue weighted by atomic mass is 9.86. The molecule has 0 fully saturated rings. The fraction of sp³-hybridized carbons (Fsp3) is 0.409. The van der Waals surface area contributed by atoms with Crippen LogP contribution in [0.5, 0.6) is 5.75 Å². The number of halogens is 4. The Kier molecular flexibility index (Phi) is 8.29. The fourth-order valence-corrected chi connectivity index (χ4v) is 4.11. The number of benzene rings is 2. The summed E-state index contributed by atoms with van der Waals surface area (Å²) in [6.45, 7) is 5.61. The largest absolute Gasteiger partial charge is 0.491 e. The van der Waals surface area contributed by atoms with E-state index in [1.165, 1.54) is 0 Å². The maximum atomic E-state index is 13.2. The van der Waals surface area contributed by atoms with Crippen molar-refractivity contribution < 1.29 is 31.1 Å². The summed E-state index contributed by atoms with van der Waals surface area (Å²) in [6.07, 6.45) is -3.98. The molecule has 0 aliphatic rings. The summed E-state index contributed by atoms with van der Waals surface area (Å²) < 4.78 is 70.1. The van der Waals surface area contributed by atoms with Crippen LogP contribution in [0.4, 0.5) is 18.9 Å². The van der Waals surface area contributed by atoms with E-state index in [0.717, 1.165) is 24.0 Å². The van der Waals surface area contributed by atoms with Gasteiger partial charge in [-0.05, 0) is 35.2 Å². The normalized spacial score (nSPS) is 12.4. The third kappa shape index (κ3) is 7.53. The lowest BCUT2D eigenvalue weighted by Gasteiger charge is -2.24. The Balaban J connectivity index is 2.06. The van der Waals surface area contributed by atoms with Crippen LogP contribution in [0.15, 0.2) is 42.5 Å². The number of amides is 1. The van der Waals surface area contributed by atoms with Crippen LogP contribution in [0.3, 0.4) is 0 Å². The maximum Gasteiger partial charge on any atom is 0.417 e. The molecule has 0 aromatic heterocycles. The van der Waals surface area contributed by atoms with E-state index in [-0.39, 0.29) is 24.3 Å². The van der Waals surface area contributed by atoms with E-state index in [1.807, 2.05) is 45.0 Å². The molecule has 0 heterocycles. The highest BCUT2D eigenvalue weighted by atomic mass is 35.5. The third-order valence-electron chi connectivity index (χ3n) is 4.61. The smallest absolute Gasteiger partial charge is 0.417 e. The van der Waals surface area contributed by atoms with Crippen LogP contribution in [0.1, 0.15) is 31.9 Å². The molecule has 0 saturated heterocycles. The Morgan fingerprint density at radius 2 is 1.73 bits per heavy atom. The summed E-state index contributed by atoms with van der Waals surface area (Å²) in [6, 6.07) is 10.1. The second-order valence-corrected chi connectivity index (χ2v) is 10.7. The zero-order valence-electron chi connectivity index (χ0n) is 18.7. The molecule has 2 aromatic rings. The molecule has 2 aromatic carbocycles. The first-order valence-corrected chi connectivity index (χ1v) is 12.2. The van der Waals surface area contributed by atoms with E-state index < -0.39 is 39.2 Å². The first-order valence-electron chi connectivity index (χ1n) is 9.94. The highest BCUT2D eigenvalue weighted by molar-refractivity contribution is 7.92. The molecule has 0 aliphatic heterocycles. The SMILES string of the molecule is CC(C)(C)c1ccccc1OCCNC(=O)CN(c1ccc(Cl)c(C(F)(F)F)c1)S(C)(=O)=O. The van der Waals surface area contributed by atoms with E-state index in [2.05, 4.69) is 5.32 Å². The molecule has 182 valence electrons. The van der Waals surface area contributed by atoms with Crippen molar-refractivity contribution in [3.8, 4) is 5.75 Å². The standard InChI is InChI=1S/C22H26ClF3N2O4S/c1-21(2,3)16-7-5-6-8-19(16)32-12-11-27-20(29)14-28(33(4,30)31)15-9-10-18(23)17(13-15)22(24,25)26/h5-10,13H,11-12,14H2,1-4H3,(H,27,29). The van der Waals surface area contributed by atoms with Crippen molar-refractivity contribution in [3.05, 3.63) is 58.6 Å². The van der Waals surface area contributed by atoms with Crippen LogP contribution in [0.25, 0.3) is 0 Å². The summed E-state index contributed by atoms with van der Waals surface area (Å²) in [7, 11) is -4.05. The minimum Gasteiger partial charge on any atom is -0.491 e. The van der Waals surface area contributed by atoms with Gasteiger partial charge < -0.3 is 10.1 Å². The Hall–Kier alpha value is -2.46. The molecule has 0 bridgehead atoms. The highest BCUT2D eigenvalue weighted by Gasteiger charge is 2.34. The van der Waals surface area contributed by atoms with E-state index >= 15 is 0 Å². The highest BCUT2D eigenvalue weighted by Crippen LogP contribution is 2.37. The number of nitrogens with one attached hydrogen (secondary N) is 1. The molecule has 11 heteroatoms. The van der Waals surface area contributed by atoms with E-state index in [1.54, 1.807) is 0 Å². The van der Waals surface area contributed by atoms with Crippen LogP contribution < -0.4 is 14.4 Å². The molecular formula is C22H26ClF3N2O4S. The number of para-hydroxylation sites is 1. The fourth-order valence-electron chi connectivity index (χ4n) is 3.04. The number of anilines is 1. The van der Waals surface area contributed by atoms with Gasteiger partial charge in [0, 0.05) is 0 Å². The Morgan fingerprint density at radius 1 is 1.09 bits per heavy atom. The number of hydrogen-bond donors (Lipinski definition) is 1. The predicted molar refractivity (Wildman–Crippen MR) is 122 cm³/mol. The first kappa shape index (κ1) is 26.8. The number of nitrogens with zero attached hydrogens (tertiary/aromatic N) is 1. The quantitative estimate of drug-likeness (QED) is 0.530. The van der Waals surface area contributed by atoms with Crippen LogP contribution in [-0.4, -0.2) is 40.3 Å². The first-order chi connectivity index (χ1) is 15.1. The minimum absolute atomic E-state index is 0.0727. The van der Waals surface area contributed by atoms with Crippen molar-refractivity contribution in [3.63, 3.8) is 0 Å². The van der Waals surface area contributed by atoms with Gasteiger partial charge in [0.1, 0.15) is 18.9 Å². The number of hydrogen-bond acceptors (Lipinski definition) is 4. The lowest BCUT2D eigenvalue weighted by molar-refractivity contribution is -0.137. The number of ether oxygens (including phenoxy) is 1. The average Bonchev–Trinajstić information content (AvgIpc) is 2.68. The third-order valence-corrected chi connectivity index (χ3v) is 6.08. The molecule has 1 N–H and O–H groups in total. The minimum atomic E-state index is -4.78. The summed E-state index contributed by atoms with van der Waals surface area (Å²) >= 11 is 5.60. The molecule has 6 nitrogen and oxygen atoms in total. The Morgan fingerprint density at radius 3 is 2.30 bits per heavy atom. The molecular weight excluding hydrogens is 481 g/mol. The Labute approximate surface area is 196 Å². The van der Waals surface area contributed by atoms with Crippen molar-refractivity contribution in [2.75, 3.05) is 30.3 Å². The van der Waals surface area contributed by atoms with Crippen molar-refractivity contribution in [1.82, 2.24) is 5.32 Å². The molecule has 2 rings (SSSR count). The average molecular weight is 507 g/mol. The Bertz CT molecular complexity index is 1100. The summed E-state index contributed by atoms with van der Waals surface area (Å²) in [5.74, 6) is -0.0329. The zero-order valence-corrected chi connectivity index (χ0v) is 20.2. The molecule has 0 radical (unpaired) electrons. The molecule has 0 aliphatic carbocycles. The molecule has 0 unspecified atom stereocenters. The molecule has 1 amide bonds. The zero-order chi connectivity index (χ0) is 25.0. The van der Waals surface area contributed by atoms with Crippen LogP contribution >= 0.6 is 11.6 Å². The number of rotatable bonds is 8. The number of sulfonamides is 1. The van der Waals surface area contributed by atoms with Gasteiger partial charge in [-0.3, -0.25) is 9.10 Å². The van der Waals surface area contributed by atoms with Crippen molar-refractivity contribution in [2.45, 2.75) is 32.4 Å². The predicted octanol–water partition coefficient (Wildman–Crippen LogP) is 4.62. The van der Waals surface area contributed by atoms with Gasteiger partial charge in [-0.25, -0.2) is 8.42 Å². The van der Waals surface area contributed by atoms with Crippen LogP contribution in [0.2, 0.25) is 5.02 Å². The second-order valence-electron chi connectivity index (χ2n) is 8.38. The lowest BCUT2D eigenvalue weighted by Crippen LogP contribution is -2.41. The van der Waals surface area contributed by atoms with Gasteiger partial charge >= 0.3 is 6.18 Å². The summed E-state index contributed by atoms with van der Waals surface area (Å²) in [5.41, 5.74) is -0.673. The van der Waals surface area contributed by atoms with Crippen molar-refractivity contribution >= 4 is 33.2 Å². The number of alkyl halides is 3. The monoisotopic (exact) mass is 506 g/mol.